The Morgan fingerprint density at radius 2 is 1.89 bits per heavy atom. The van der Waals surface area contributed by atoms with Crippen LogP contribution < -0.4 is 0 Å². The lowest BCUT2D eigenvalue weighted by Crippen LogP contribution is -2.53. The Morgan fingerprint density at radius 1 is 1.21 bits per heavy atom. The van der Waals surface area contributed by atoms with Crippen molar-refractivity contribution in [2.45, 2.75) is 19.9 Å². The molecule has 5 nitrogen and oxygen atoms in total. The molecule has 0 unspecified atom stereocenters. The van der Waals surface area contributed by atoms with Crippen LogP contribution in [0.25, 0.3) is 0 Å². The molecule has 19 heavy (non-hydrogen) atoms. The van der Waals surface area contributed by atoms with Gasteiger partial charge >= 0.3 is 0 Å². The molecule has 6 heteroatoms. The third-order valence-corrected chi connectivity index (χ3v) is 3.24. The number of hydrogen-bond donors (Lipinski definition) is 0. The second-order valence-electron chi connectivity index (χ2n) is 4.55. The summed E-state index contributed by atoms with van der Waals surface area (Å²) in [5.74, 6) is -0.0219. The summed E-state index contributed by atoms with van der Waals surface area (Å²) in [6.07, 6.45) is 2.48. The van der Waals surface area contributed by atoms with Gasteiger partial charge in [-0.15, -0.1) is 0 Å². The number of nitrogens with zero attached hydrogens (tertiary/aromatic N) is 3. The van der Waals surface area contributed by atoms with E-state index in [-0.39, 0.29) is 24.9 Å². The van der Waals surface area contributed by atoms with Crippen molar-refractivity contribution < 1.29 is 9.59 Å². The summed E-state index contributed by atoms with van der Waals surface area (Å²) >= 11 is 5.71. The van der Waals surface area contributed by atoms with Crippen molar-refractivity contribution in [2.24, 2.45) is 0 Å². The third-order valence-electron chi connectivity index (χ3n) is 3.01. The molecule has 1 aliphatic rings. The zero-order chi connectivity index (χ0) is 13.8. The smallest absolute Gasteiger partial charge is 0.242 e. The zero-order valence-electron chi connectivity index (χ0n) is 10.8. The Morgan fingerprint density at radius 3 is 2.53 bits per heavy atom. The maximum absolute atomic E-state index is 12.0. The van der Waals surface area contributed by atoms with Crippen LogP contribution in [0, 0.1) is 0 Å². The number of rotatable bonds is 4. The number of halogens is 1. The van der Waals surface area contributed by atoms with Crippen LogP contribution in [0.4, 0.5) is 0 Å². The molecule has 2 amide bonds. The summed E-state index contributed by atoms with van der Waals surface area (Å²) in [4.78, 5) is 31.0. The molecule has 0 aromatic carbocycles. The maximum Gasteiger partial charge on any atom is 0.242 e. The molecule has 2 rings (SSSR count). The van der Waals surface area contributed by atoms with Crippen LogP contribution in [-0.2, 0) is 16.1 Å². The lowest BCUT2D eigenvalue weighted by atomic mass is 10.2. The van der Waals surface area contributed by atoms with Gasteiger partial charge in [0.2, 0.25) is 11.8 Å². The van der Waals surface area contributed by atoms with Crippen molar-refractivity contribution in [3.63, 3.8) is 0 Å². The third kappa shape index (κ3) is 3.44. The van der Waals surface area contributed by atoms with E-state index in [4.69, 9.17) is 11.6 Å². The highest BCUT2D eigenvalue weighted by Crippen LogP contribution is 2.12. The largest absolute Gasteiger partial charge is 0.332 e. The number of pyridine rings is 1. The Kier molecular flexibility index (Phi) is 4.37. The molecule has 0 radical (unpaired) electrons. The van der Waals surface area contributed by atoms with Crippen molar-refractivity contribution in [1.82, 2.24) is 14.8 Å². The molecule has 1 aliphatic heterocycles. The number of aromatic nitrogens is 1. The molecule has 1 saturated heterocycles. The fourth-order valence-electron chi connectivity index (χ4n) is 2.04. The van der Waals surface area contributed by atoms with Gasteiger partial charge in [0.15, 0.2) is 0 Å². The van der Waals surface area contributed by atoms with Crippen LogP contribution in [-0.4, -0.2) is 46.2 Å². The number of hydrogen-bond acceptors (Lipinski definition) is 3. The van der Waals surface area contributed by atoms with E-state index < -0.39 is 0 Å². The van der Waals surface area contributed by atoms with Crippen LogP contribution in [0.5, 0.6) is 0 Å². The molecule has 102 valence electrons. The fraction of sp³-hybridized carbons (Fsp3) is 0.462. The van der Waals surface area contributed by atoms with Crippen molar-refractivity contribution >= 4 is 23.4 Å². The zero-order valence-corrected chi connectivity index (χ0v) is 11.6. The van der Waals surface area contributed by atoms with Crippen LogP contribution in [0.15, 0.2) is 18.3 Å². The van der Waals surface area contributed by atoms with Gasteiger partial charge in [-0.1, -0.05) is 24.6 Å². The summed E-state index contributed by atoms with van der Waals surface area (Å²) in [7, 11) is 0. The van der Waals surface area contributed by atoms with Crippen molar-refractivity contribution in [3.8, 4) is 0 Å². The second-order valence-corrected chi connectivity index (χ2v) is 4.94. The van der Waals surface area contributed by atoms with E-state index in [1.54, 1.807) is 22.1 Å². The predicted molar refractivity (Wildman–Crippen MR) is 71.5 cm³/mol. The standard InChI is InChI=1S/C13H16ClN3O2/c1-2-5-16-8-13(19)17(9-12(16)18)7-10-3-4-11(14)15-6-10/h3-4,6H,2,5,7-9H2,1H3. The molecule has 0 spiro atoms. The monoisotopic (exact) mass is 281 g/mol. The summed E-state index contributed by atoms with van der Waals surface area (Å²) in [5.41, 5.74) is 0.870. The minimum absolute atomic E-state index is 0.00312. The molecule has 2 heterocycles. The van der Waals surface area contributed by atoms with Crippen LogP contribution in [0.3, 0.4) is 0 Å². The van der Waals surface area contributed by atoms with Gasteiger partial charge in [-0.2, -0.15) is 0 Å². The summed E-state index contributed by atoms with van der Waals surface area (Å²) in [6.45, 7) is 3.34. The van der Waals surface area contributed by atoms with Crippen molar-refractivity contribution in [2.75, 3.05) is 19.6 Å². The van der Waals surface area contributed by atoms with E-state index >= 15 is 0 Å². The average molecular weight is 282 g/mol. The molecule has 1 fully saturated rings. The van der Waals surface area contributed by atoms with Gasteiger partial charge in [-0.05, 0) is 18.1 Å². The minimum atomic E-state index is -0.0250. The molecule has 1 aromatic heterocycles. The Hall–Kier alpha value is -1.62. The Bertz CT molecular complexity index is 475. The van der Waals surface area contributed by atoms with Crippen LogP contribution >= 0.6 is 11.6 Å². The number of amides is 2. The van der Waals surface area contributed by atoms with E-state index in [0.717, 1.165) is 12.0 Å². The number of carbonyl (C=O) groups excluding carboxylic acids is 2. The number of piperazine rings is 1. The number of carbonyl (C=O) groups is 2. The highest BCUT2D eigenvalue weighted by Gasteiger charge is 2.29. The molecule has 0 saturated carbocycles. The topological polar surface area (TPSA) is 53.5 Å². The highest BCUT2D eigenvalue weighted by molar-refractivity contribution is 6.29. The lowest BCUT2D eigenvalue weighted by molar-refractivity contribution is -0.150. The quantitative estimate of drug-likeness (QED) is 0.782. The first-order valence-electron chi connectivity index (χ1n) is 6.26. The van der Waals surface area contributed by atoms with Crippen molar-refractivity contribution in [1.29, 1.82) is 0 Å². The van der Waals surface area contributed by atoms with Gasteiger partial charge in [-0.25, -0.2) is 4.98 Å². The Labute approximate surface area is 117 Å². The minimum Gasteiger partial charge on any atom is -0.332 e. The van der Waals surface area contributed by atoms with E-state index in [2.05, 4.69) is 4.98 Å². The fourth-order valence-corrected chi connectivity index (χ4v) is 2.15. The van der Waals surface area contributed by atoms with E-state index in [0.29, 0.717) is 18.2 Å². The normalized spacial score (nSPS) is 16.1. The molecular weight excluding hydrogens is 266 g/mol. The second kappa shape index (κ2) is 6.02. The van der Waals surface area contributed by atoms with Gasteiger partial charge in [0.25, 0.3) is 0 Å². The van der Waals surface area contributed by atoms with Crippen LogP contribution in [0.2, 0.25) is 5.15 Å². The predicted octanol–water partition coefficient (Wildman–Crippen LogP) is 1.32. The highest BCUT2D eigenvalue weighted by atomic mass is 35.5. The van der Waals surface area contributed by atoms with Gasteiger partial charge < -0.3 is 9.80 Å². The molecule has 0 N–H and O–H groups in total. The van der Waals surface area contributed by atoms with Crippen LogP contribution in [0.1, 0.15) is 18.9 Å². The van der Waals surface area contributed by atoms with Gasteiger partial charge in [-0.3, -0.25) is 9.59 Å². The average Bonchev–Trinajstić information content (AvgIpc) is 2.38. The summed E-state index contributed by atoms with van der Waals surface area (Å²) in [5, 5.41) is 0.416. The van der Waals surface area contributed by atoms with Gasteiger partial charge in [0.1, 0.15) is 11.7 Å². The maximum atomic E-state index is 12.0. The van der Waals surface area contributed by atoms with E-state index in [1.807, 2.05) is 13.0 Å². The summed E-state index contributed by atoms with van der Waals surface area (Å²) in [6, 6.07) is 3.49. The first-order chi connectivity index (χ1) is 9.10. The molecule has 0 atom stereocenters. The molecule has 0 aliphatic carbocycles. The lowest BCUT2D eigenvalue weighted by Gasteiger charge is -2.33. The van der Waals surface area contributed by atoms with E-state index in [1.165, 1.54) is 0 Å². The van der Waals surface area contributed by atoms with Gasteiger partial charge in [0.05, 0.1) is 6.54 Å². The first-order valence-corrected chi connectivity index (χ1v) is 6.64. The molecule has 1 aromatic rings. The SMILES string of the molecule is CCCN1CC(=O)N(Cc2ccc(Cl)nc2)CC1=O. The Balaban J connectivity index is 2.00. The molecule has 0 bridgehead atoms. The summed E-state index contributed by atoms with van der Waals surface area (Å²) < 4.78 is 0. The van der Waals surface area contributed by atoms with Gasteiger partial charge in [0, 0.05) is 19.3 Å². The van der Waals surface area contributed by atoms with E-state index in [9.17, 15) is 9.59 Å². The van der Waals surface area contributed by atoms with Crippen molar-refractivity contribution in [3.05, 3.63) is 29.0 Å². The molecular formula is C13H16ClN3O2. The first kappa shape index (κ1) is 13.8.